The summed E-state index contributed by atoms with van der Waals surface area (Å²) in [5, 5.41) is 15.6. The predicted molar refractivity (Wildman–Crippen MR) is 187 cm³/mol. The monoisotopic (exact) mass is 764 g/mol. The summed E-state index contributed by atoms with van der Waals surface area (Å²) in [5.74, 6) is 0.986. The molecule has 2 aromatic heterocycles. The minimum Gasteiger partial charge on any atom is -0.355 e. The van der Waals surface area contributed by atoms with Gasteiger partial charge in [0.25, 0.3) is 0 Å². The van der Waals surface area contributed by atoms with Gasteiger partial charge < -0.3 is 19.6 Å². The Hall–Kier alpha value is -0.720. The second-order valence-electron chi connectivity index (χ2n) is 10.4. The van der Waals surface area contributed by atoms with Gasteiger partial charge in [-0.3, -0.25) is 0 Å². The lowest BCUT2D eigenvalue weighted by Gasteiger charge is -2.35. The Morgan fingerprint density at radius 3 is 1.32 bits per heavy atom. The second-order valence-corrected chi connectivity index (χ2v) is 12.9. The van der Waals surface area contributed by atoms with Gasteiger partial charge in [0.15, 0.2) is 5.82 Å². The number of aromatic nitrogens is 4. The molecule has 0 unspecified atom stereocenters. The van der Waals surface area contributed by atoms with Crippen LogP contribution in [-0.2, 0) is 0 Å². The number of rotatable bonds is 6. The highest BCUT2D eigenvalue weighted by molar-refractivity contribution is 9.11. The first kappa shape index (κ1) is 40.3. The zero-order chi connectivity index (χ0) is 29.9. The summed E-state index contributed by atoms with van der Waals surface area (Å²) in [6.07, 6.45) is 9.60. The maximum atomic E-state index is 4.19. The van der Waals surface area contributed by atoms with Gasteiger partial charge in [-0.1, -0.05) is 47.5 Å². The van der Waals surface area contributed by atoms with Gasteiger partial charge in [0, 0.05) is 25.2 Å². The molecule has 0 spiro atoms. The highest BCUT2D eigenvalue weighted by atomic mass is 79.9. The number of hydrogen-bond donors (Lipinski definition) is 0. The summed E-state index contributed by atoms with van der Waals surface area (Å²) in [4.78, 5) is 9.35. The molecule has 4 rings (SSSR count). The highest BCUT2D eigenvalue weighted by Crippen LogP contribution is 2.21. The average molecular weight is 768 g/mol. The lowest BCUT2D eigenvalue weighted by molar-refractivity contribution is 0.229. The van der Waals surface area contributed by atoms with Gasteiger partial charge in [-0.05, 0) is 146 Å². The molecule has 0 radical (unpaired) electrons. The van der Waals surface area contributed by atoms with Crippen molar-refractivity contribution in [3.8, 4) is 0 Å². The van der Waals surface area contributed by atoms with Crippen LogP contribution in [0.2, 0.25) is 0 Å². The molecule has 11 heteroatoms. The molecule has 0 N–H and O–H groups in total. The third-order valence-electron chi connectivity index (χ3n) is 7.38. The standard InChI is InChI=1S/C11H17BrN4.C8H17N.C6H15N.C4H2Br2N2.CH4/c1-15(2)9-5-7-16(8-6-9)11-4-3-10(12)13-14-11;1-9(2)8-6-4-3-5-7-8;1-4-7(5-2)6-3;5-3-1-2-4(6)8-7-3;/h3-4,9H,5-8H2,1-2H3;8H,3-7H2,1-2H3;4-6H2,1-3H3;1-2H;1H4. The maximum Gasteiger partial charge on any atom is 0.151 e. The molecule has 236 valence electrons. The number of halogens is 3. The molecule has 1 saturated carbocycles. The Kier molecular flexibility index (Phi) is 23.3. The normalized spacial score (nSPS) is 15.7. The molecular weight excluding hydrogens is 712 g/mol. The summed E-state index contributed by atoms with van der Waals surface area (Å²) in [6, 6.07) is 9.19. The first-order chi connectivity index (χ1) is 19.1. The Morgan fingerprint density at radius 1 is 0.634 bits per heavy atom. The first-order valence-corrected chi connectivity index (χ1v) is 16.9. The summed E-state index contributed by atoms with van der Waals surface area (Å²) in [5.41, 5.74) is 0. The van der Waals surface area contributed by atoms with E-state index in [1.807, 2.05) is 24.3 Å². The smallest absolute Gasteiger partial charge is 0.151 e. The van der Waals surface area contributed by atoms with Gasteiger partial charge in [0.05, 0.1) is 0 Å². The van der Waals surface area contributed by atoms with Crippen molar-refractivity contribution < 1.29 is 0 Å². The molecule has 1 aliphatic heterocycles. The molecule has 1 aliphatic carbocycles. The van der Waals surface area contributed by atoms with Gasteiger partial charge in [-0.25, -0.2) is 0 Å². The number of anilines is 1. The van der Waals surface area contributed by atoms with Crippen molar-refractivity contribution in [2.75, 3.05) is 65.8 Å². The Labute approximate surface area is 276 Å². The van der Waals surface area contributed by atoms with Crippen LogP contribution < -0.4 is 4.90 Å². The molecule has 2 aliphatic rings. The second kappa shape index (κ2) is 23.7. The van der Waals surface area contributed by atoms with Crippen molar-refractivity contribution in [3.05, 3.63) is 38.1 Å². The molecule has 3 heterocycles. The van der Waals surface area contributed by atoms with E-state index in [-0.39, 0.29) is 7.43 Å². The van der Waals surface area contributed by atoms with Gasteiger partial charge in [0.1, 0.15) is 13.8 Å². The average Bonchev–Trinajstić information content (AvgIpc) is 2.97. The van der Waals surface area contributed by atoms with Crippen molar-refractivity contribution in [2.24, 2.45) is 0 Å². The first-order valence-electron chi connectivity index (χ1n) is 14.5. The Bertz CT molecular complexity index is 840. The van der Waals surface area contributed by atoms with Gasteiger partial charge in [0.2, 0.25) is 0 Å². The molecule has 0 bridgehead atoms. The molecule has 41 heavy (non-hydrogen) atoms. The molecular formula is C30H55Br3N8. The highest BCUT2D eigenvalue weighted by Gasteiger charge is 2.21. The van der Waals surface area contributed by atoms with Crippen molar-refractivity contribution >= 4 is 53.6 Å². The van der Waals surface area contributed by atoms with E-state index in [9.17, 15) is 0 Å². The van der Waals surface area contributed by atoms with E-state index < -0.39 is 0 Å². The van der Waals surface area contributed by atoms with Crippen LogP contribution in [0, 0.1) is 0 Å². The van der Waals surface area contributed by atoms with Crippen LogP contribution in [-0.4, -0.2) is 108 Å². The fourth-order valence-electron chi connectivity index (χ4n) is 4.66. The molecule has 8 nitrogen and oxygen atoms in total. The predicted octanol–water partition coefficient (Wildman–Crippen LogP) is 7.64. The summed E-state index contributed by atoms with van der Waals surface area (Å²) in [6.45, 7) is 12.3. The fraction of sp³-hybridized carbons (Fsp3) is 0.733. The van der Waals surface area contributed by atoms with Crippen molar-refractivity contribution in [1.29, 1.82) is 0 Å². The maximum absolute atomic E-state index is 4.19. The van der Waals surface area contributed by atoms with Crippen LogP contribution in [0.25, 0.3) is 0 Å². The zero-order valence-electron chi connectivity index (χ0n) is 25.7. The van der Waals surface area contributed by atoms with E-state index >= 15 is 0 Å². The van der Waals surface area contributed by atoms with Crippen LogP contribution in [0.5, 0.6) is 0 Å². The largest absolute Gasteiger partial charge is 0.355 e. The quantitative estimate of drug-likeness (QED) is 0.298. The molecule has 0 aromatic carbocycles. The topological polar surface area (TPSA) is 64.5 Å². The van der Waals surface area contributed by atoms with E-state index in [0.29, 0.717) is 6.04 Å². The van der Waals surface area contributed by atoms with Crippen LogP contribution in [0.15, 0.2) is 38.1 Å². The minimum absolute atomic E-state index is 0. The third-order valence-corrected chi connectivity index (χ3v) is 8.65. The number of nitrogens with zero attached hydrogens (tertiary/aromatic N) is 8. The minimum atomic E-state index is 0. The van der Waals surface area contributed by atoms with E-state index in [2.05, 4.69) is 137 Å². The van der Waals surface area contributed by atoms with E-state index in [4.69, 9.17) is 0 Å². The Balaban J connectivity index is 0.000000552. The van der Waals surface area contributed by atoms with Crippen LogP contribution in [0.3, 0.4) is 0 Å². The molecule has 2 fully saturated rings. The van der Waals surface area contributed by atoms with Crippen LogP contribution in [0.1, 0.15) is 73.1 Å². The van der Waals surface area contributed by atoms with Gasteiger partial charge in [-0.15, -0.1) is 20.4 Å². The summed E-state index contributed by atoms with van der Waals surface area (Å²) < 4.78 is 2.29. The SMILES string of the molecule is Brc1ccc(Br)nn1.C.CCN(CC)CC.CN(C)C1CCCCC1.CN(C)C1CCN(c2ccc(Br)nn2)CC1. The molecule has 0 atom stereocenters. The van der Waals surface area contributed by atoms with E-state index in [0.717, 1.165) is 38.8 Å². The fourth-order valence-corrected chi connectivity index (χ4v) is 5.29. The van der Waals surface area contributed by atoms with Crippen molar-refractivity contribution in [1.82, 2.24) is 35.1 Å². The lowest BCUT2D eigenvalue weighted by atomic mass is 9.95. The van der Waals surface area contributed by atoms with Crippen molar-refractivity contribution in [2.45, 2.75) is 85.2 Å². The summed E-state index contributed by atoms with van der Waals surface area (Å²) in [7, 11) is 8.69. The molecule has 1 saturated heterocycles. The molecule has 0 amide bonds. The molecule has 2 aromatic rings. The third kappa shape index (κ3) is 17.9. The van der Waals surface area contributed by atoms with E-state index in [1.165, 1.54) is 64.6 Å². The zero-order valence-corrected chi connectivity index (χ0v) is 30.4. The van der Waals surface area contributed by atoms with Crippen molar-refractivity contribution in [3.63, 3.8) is 0 Å². The Morgan fingerprint density at radius 2 is 1.02 bits per heavy atom. The summed E-state index contributed by atoms with van der Waals surface area (Å²) >= 11 is 9.60. The van der Waals surface area contributed by atoms with Crippen LogP contribution >= 0.6 is 47.8 Å². The lowest BCUT2D eigenvalue weighted by Crippen LogP contribution is -2.42. The number of hydrogen-bond acceptors (Lipinski definition) is 8. The van der Waals surface area contributed by atoms with Crippen LogP contribution in [0.4, 0.5) is 5.82 Å². The van der Waals surface area contributed by atoms with Gasteiger partial charge >= 0.3 is 0 Å². The van der Waals surface area contributed by atoms with Gasteiger partial charge in [-0.2, -0.15) is 0 Å². The number of piperidine rings is 1. The van der Waals surface area contributed by atoms with E-state index in [1.54, 1.807) is 0 Å².